The lowest BCUT2D eigenvalue weighted by Gasteiger charge is -1.50. The van der Waals surface area contributed by atoms with Crippen molar-refractivity contribution in [3.63, 3.8) is 0 Å². The first kappa shape index (κ1) is 10.9. The molecule has 2 N–H and O–H groups in total. The predicted molar refractivity (Wildman–Crippen MR) is 60.3 cm³/mol. The minimum absolute atomic E-state index is 1.62. The molecule has 15 heavy (non-hydrogen) atoms. The molecule has 0 saturated heterocycles. The normalized spacial score (nSPS) is 8.00. The van der Waals surface area contributed by atoms with Crippen molar-refractivity contribution >= 4 is 0 Å². The summed E-state index contributed by atoms with van der Waals surface area (Å²) in [6.07, 6.45) is 10.8. The van der Waals surface area contributed by atoms with Gasteiger partial charge in [0.05, 0.1) is 12.5 Å². The van der Waals surface area contributed by atoms with Crippen molar-refractivity contribution in [2.75, 3.05) is 0 Å². The summed E-state index contributed by atoms with van der Waals surface area (Å²) in [4.78, 5) is 5.72. The molecule has 0 aliphatic carbocycles. The van der Waals surface area contributed by atoms with Crippen LogP contribution in [-0.4, -0.2) is 9.97 Å². The van der Waals surface area contributed by atoms with Crippen LogP contribution in [0.4, 0.5) is 0 Å². The summed E-state index contributed by atoms with van der Waals surface area (Å²) in [6.45, 7) is 0. The van der Waals surface area contributed by atoms with E-state index in [1.807, 2.05) is 61.2 Å². The highest BCUT2D eigenvalue weighted by Gasteiger charge is 1.59. The van der Waals surface area contributed by atoms with Gasteiger partial charge in [-0.05, 0) is 36.4 Å². The molecule has 3 aromatic heterocycles. The first-order chi connectivity index (χ1) is 7.50. The number of H-pyrrole nitrogens is 2. The monoisotopic (exact) mass is 202 g/mol. The summed E-state index contributed by atoms with van der Waals surface area (Å²) in [5, 5.41) is 0. The summed E-state index contributed by atoms with van der Waals surface area (Å²) in [7, 11) is 0. The number of hydrogen-bond donors (Lipinski definition) is 2. The lowest BCUT2D eigenvalue weighted by atomic mass is 10.7. The molecule has 0 radical (unpaired) electrons. The summed E-state index contributed by atoms with van der Waals surface area (Å²) in [5.74, 6) is 0. The molecule has 3 rings (SSSR count). The maximum atomic E-state index is 4.58. The first-order valence-electron chi connectivity index (χ1n) is 4.63. The predicted octanol–water partition coefficient (Wildman–Crippen LogP) is 3.31. The van der Waals surface area contributed by atoms with Crippen molar-refractivity contribution in [1.29, 1.82) is 0 Å². The molecule has 0 aliphatic rings. The topological polar surface area (TPSA) is 44.7 Å². The smallest absolute Gasteiger partial charge is 0.0902 e. The van der Waals surface area contributed by atoms with Gasteiger partial charge in [0.1, 0.15) is 0 Å². The van der Waals surface area contributed by atoms with Gasteiger partial charge in [0, 0.05) is 24.8 Å². The van der Waals surface area contributed by atoms with Gasteiger partial charge in [-0.15, -0.1) is 0 Å². The van der Waals surface area contributed by atoms with Crippen LogP contribution in [0.5, 0.6) is 0 Å². The van der Waals surface area contributed by atoms with Crippen molar-refractivity contribution in [1.82, 2.24) is 9.97 Å². The van der Waals surface area contributed by atoms with Gasteiger partial charge < -0.3 is 14.4 Å². The van der Waals surface area contributed by atoms with Gasteiger partial charge in [0.2, 0.25) is 0 Å². The zero-order valence-corrected chi connectivity index (χ0v) is 8.34. The Labute approximate surface area is 88.8 Å². The van der Waals surface area contributed by atoms with E-state index >= 15 is 0 Å². The average Bonchev–Trinajstić information content (AvgIpc) is 3.09. The van der Waals surface area contributed by atoms with Crippen LogP contribution in [0.2, 0.25) is 0 Å². The van der Waals surface area contributed by atoms with Crippen LogP contribution in [-0.2, 0) is 0 Å². The van der Waals surface area contributed by atoms with Gasteiger partial charge in [-0.3, -0.25) is 0 Å². The Morgan fingerprint density at radius 3 is 1.07 bits per heavy atom. The highest BCUT2D eigenvalue weighted by Crippen LogP contribution is 1.79. The van der Waals surface area contributed by atoms with Crippen LogP contribution in [0.15, 0.2) is 78.1 Å². The standard InChI is InChI=1S/2C4H5N.C4H4O/c3*1-2-4-5-3-1/h2*1-5H;1-4H. The quantitative estimate of drug-likeness (QED) is 0.577. The van der Waals surface area contributed by atoms with E-state index in [1.54, 1.807) is 12.5 Å². The molecule has 0 amide bonds. The molecule has 0 unspecified atom stereocenters. The van der Waals surface area contributed by atoms with Gasteiger partial charge in [0.15, 0.2) is 0 Å². The molecule has 78 valence electrons. The molecular formula is C12H14N2O. The molecule has 0 fully saturated rings. The molecule has 0 aromatic carbocycles. The molecule has 0 spiro atoms. The summed E-state index contributed by atoms with van der Waals surface area (Å²) >= 11 is 0. The number of nitrogens with one attached hydrogen (secondary N) is 2. The molecule has 0 aliphatic heterocycles. The molecular weight excluding hydrogens is 188 g/mol. The van der Waals surface area contributed by atoms with Gasteiger partial charge in [-0.2, -0.15) is 0 Å². The van der Waals surface area contributed by atoms with Crippen molar-refractivity contribution < 1.29 is 4.42 Å². The fourth-order valence-corrected chi connectivity index (χ4v) is 0.782. The van der Waals surface area contributed by atoms with Gasteiger partial charge >= 0.3 is 0 Å². The van der Waals surface area contributed by atoms with Crippen LogP contribution >= 0.6 is 0 Å². The van der Waals surface area contributed by atoms with Crippen molar-refractivity contribution in [2.45, 2.75) is 0 Å². The highest BCUT2D eigenvalue weighted by molar-refractivity contribution is 4.85. The van der Waals surface area contributed by atoms with Crippen molar-refractivity contribution in [3.8, 4) is 0 Å². The van der Waals surface area contributed by atoms with E-state index in [0.717, 1.165) is 0 Å². The zero-order chi connectivity index (χ0) is 10.6. The third-order valence-corrected chi connectivity index (χ3v) is 1.42. The average molecular weight is 202 g/mol. The third kappa shape index (κ3) is 6.95. The van der Waals surface area contributed by atoms with E-state index < -0.39 is 0 Å². The minimum atomic E-state index is 1.62. The Bertz CT molecular complexity index is 246. The molecule has 3 nitrogen and oxygen atoms in total. The summed E-state index contributed by atoms with van der Waals surface area (Å²) in [6, 6.07) is 11.4. The van der Waals surface area contributed by atoms with E-state index in [1.165, 1.54) is 0 Å². The molecule has 3 aromatic rings. The van der Waals surface area contributed by atoms with Crippen LogP contribution in [0.1, 0.15) is 0 Å². The van der Waals surface area contributed by atoms with Crippen LogP contribution in [0.25, 0.3) is 0 Å². The van der Waals surface area contributed by atoms with E-state index in [9.17, 15) is 0 Å². The third-order valence-electron chi connectivity index (χ3n) is 1.42. The fourth-order valence-electron chi connectivity index (χ4n) is 0.782. The van der Waals surface area contributed by atoms with Crippen molar-refractivity contribution in [2.24, 2.45) is 0 Å². The van der Waals surface area contributed by atoms with Crippen LogP contribution < -0.4 is 0 Å². The largest absolute Gasteiger partial charge is 0.473 e. The second kappa shape index (κ2) is 8.44. The van der Waals surface area contributed by atoms with E-state index in [4.69, 9.17) is 0 Å². The van der Waals surface area contributed by atoms with E-state index in [2.05, 4.69) is 14.4 Å². The van der Waals surface area contributed by atoms with E-state index in [0.29, 0.717) is 0 Å². The second-order valence-electron chi connectivity index (χ2n) is 2.56. The number of aromatic nitrogens is 2. The Morgan fingerprint density at radius 2 is 0.933 bits per heavy atom. The van der Waals surface area contributed by atoms with Gasteiger partial charge in [-0.1, -0.05) is 0 Å². The molecule has 0 saturated carbocycles. The lowest BCUT2D eigenvalue weighted by Crippen LogP contribution is -1.38. The summed E-state index contributed by atoms with van der Waals surface area (Å²) < 4.78 is 4.58. The number of aromatic amines is 2. The fraction of sp³-hybridized carbons (Fsp3) is 0. The first-order valence-corrected chi connectivity index (χ1v) is 4.63. The molecule has 0 atom stereocenters. The molecule has 0 bridgehead atoms. The Balaban J connectivity index is 0.000000112. The molecule has 3 heterocycles. The van der Waals surface area contributed by atoms with E-state index in [-0.39, 0.29) is 0 Å². The lowest BCUT2D eigenvalue weighted by molar-refractivity contribution is 0.567. The number of rotatable bonds is 0. The maximum Gasteiger partial charge on any atom is 0.0902 e. The number of furan rings is 1. The SMILES string of the molecule is c1cc[nH]c1.c1cc[nH]c1.c1ccoc1. The Morgan fingerprint density at radius 1 is 0.533 bits per heavy atom. The summed E-state index contributed by atoms with van der Waals surface area (Å²) in [5.41, 5.74) is 0. The Hall–Kier alpha value is -2.16. The number of hydrogen-bond acceptors (Lipinski definition) is 1. The minimum Gasteiger partial charge on any atom is -0.473 e. The van der Waals surface area contributed by atoms with Crippen LogP contribution in [0.3, 0.4) is 0 Å². The van der Waals surface area contributed by atoms with Crippen LogP contribution in [0, 0.1) is 0 Å². The highest BCUT2D eigenvalue weighted by atomic mass is 16.3. The second-order valence-corrected chi connectivity index (χ2v) is 2.56. The molecule has 3 heteroatoms. The van der Waals surface area contributed by atoms with Gasteiger partial charge in [-0.25, -0.2) is 0 Å². The van der Waals surface area contributed by atoms with Crippen molar-refractivity contribution in [3.05, 3.63) is 73.7 Å². The maximum absolute atomic E-state index is 4.58. The van der Waals surface area contributed by atoms with Gasteiger partial charge in [0.25, 0.3) is 0 Å². The zero-order valence-electron chi connectivity index (χ0n) is 8.34. The Kier molecular flexibility index (Phi) is 6.14.